The molecule has 34 heavy (non-hydrogen) atoms. The lowest BCUT2D eigenvalue weighted by atomic mass is 10.1. The smallest absolute Gasteiger partial charge is 0.243 e. The molecule has 2 N–H and O–H groups in total. The number of nitrogens with zero attached hydrogens (tertiary/aromatic N) is 3. The van der Waals surface area contributed by atoms with Gasteiger partial charge in [-0.1, -0.05) is 35.3 Å². The van der Waals surface area contributed by atoms with Gasteiger partial charge in [0.15, 0.2) is 0 Å². The summed E-state index contributed by atoms with van der Waals surface area (Å²) in [4.78, 5) is 44.1. The topological polar surface area (TPSA) is 85.0 Å². The van der Waals surface area contributed by atoms with Crippen LogP contribution < -0.4 is 15.5 Å². The molecule has 2 heterocycles. The Morgan fingerprint density at radius 1 is 0.971 bits per heavy atom. The summed E-state index contributed by atoms with van der Waals surface area (Å²) in [6.45, 7) is 3.96. The number of amides is 3. The second-order valence-electron chi connectivity index (χ2n) is 8.40. The molecule has 2 fully saturated rings. The Balaban J connectivity index is 1.32. The molecule has 3 amide bonds. The summed E-state index contributed by atoms with van der Waals surface area (Å²) in [7, 11) is 0. The molecular formula is C24H27Cl2N5O3. The molecule has 8 nitrogen and oxygen atoms in total. The predicted molar refractivity (Wildman–Crippen MR) is 133 cm³/mol. The maximum atomic E-state index is 13.1. The van der Waals surface area contributed by atoms with Gasteiger partial charge in [0.2, 0.25) is 17.7 Å². The molecule has 2 aliphatic heterocycles. The molecule has 0 aromatic heterocycles. The normalized spacial score (nSPS) is 19.0. The third-order valence-corrected chi connectivity index (χ3v) is 6.51. The fraction of sp³-hybridized carbons (Fsp3) is 0.375. The monoisotopic (exact) mass is 503 g/mol. The number of benzene rings is 2. The highest BCUT2D eigenvalue weighted by Gasteiger charge is 2.35. The number of carbonyl (C=O) groups excluding carboxylic acids is 3. The van der Waals surface area contributed by atoms with E-state index in [4.69, 9.17) is 23.2 Å². The Labute approximate surface area is 208 Å². The maximum absolute atomic E-state index is 13.1. The highest BCUT2D eigenvalue weighted by Crippen LogP contribution is 2.21. The number of carbonyl (C=O) groups is 3. The Morgan fingerprint density at radius 2 is 1.68 bits per heavy atom. The summed E-state index contributed by atoms with van der Waals surface area (Å²) in [6, 6.07) is 13.7. The Hall–Kier alpha value is -2.81. The van der Waals surface area contributed by atoms with Gasteiger partial charge in [-0.15, -0.1) is 0 Å². The van der Waals surface area contributed by atoms with Crippen LogP contribution in [0.15, 0.2) is 48.5 Å². The minimum absolute atomic E-state index is 0.118. The van der Waals surface area contributed by atoms with Crippen LogP contribution in [0.4, 0.5) is 11.4 Å². The average molecular weight is 504 g/mol. The first-order valence-electron chi connectivity index (χ1n) is 11.2. The number of nitrogens with one attached hydrogen (secondary N) is 2. The fourth-order valence-corrected chi connectivity index (χ4v) is 4.66. The fourth-order valence-electron chi connectivity index (χ4n) is 4.29. The molecule has 0 unspecified atom stereocenters. The SMILES string of the molecule is O=C(C[C@H]1C(=O)NCCN1C(=O)CN1CCN(c2cccc(Cl)c2)CC1)Nc1cccc(Cl)c1. The number of anilines is 2. The minimum Gasteiger partial charge on any atom is -0.369 e. The summed E-state index contributed by atoms with van der Waals surface area (Å²) < 4.78 is 0. The van der Waals surface area contributed by atoms with Crippen LogP contribution in [-0.4, -0.2) is 79.4 Å². The molecule has 0 radical (unpaired) electrons. The largest absolute Gasteiger partial charge is 0.369 e. The minimum atomic E-state index is -0.840. The van der Waals surface area contributed by atoms with Crippen LogP contribution >= 0.6 is 23.2 Å². The molecule has 0 spiro atoms. The summed E-state index contributed by atoms with van der Waals surface area (Å²) >= 11 is 12.1. The third kappa shape index (κ3) is 6.20. The van der Waals surface area contributed by atoms with Crippen molar-refractivity contribution in [3.05, 3.63) is 58.6 Å². The van der Waals surface area contributed by atoms with Crippen molar-refractivity contribution < 1.29 is 14.4 Å². The van der Waals surface area contributed by atoms with Crippen LogP contribution in [0.1, 0.15) is 6.42 Å². The Morgan fingerprint density at radius 3 is 2.38 bits per heavy atom. The van der Waals surface area contributed by atoms with Crippen LogP contribution in [0.3, 0.4) is 0 Å². The van der Waals surface area contributed by atoms with E-state index in [0.717, 1.165) is 31.9 Å². The van der Waals surface area contributed by atoms with Crippen molar-refractivity contribution in [3.8, 4) is 0 Å². The van der Waals surface area contributed by atoms with E-state index in [1.807, 2.05) is 24.3 Å². The second kappa shape index (κ2) is 11.1. The zero-order valence-electron chi connectivity index (χ0n) is 18.7. The first-order valence-corrected chi connectivity index (χ1v) is 12.0. The van der Waals surface area contributed by atoms with E-state index in [9.17, 15) is 14.4 Å². The van der Waals surface area contributed by atoms with Crippen LogP contribution in [0.25, 0.3) is 0 Å². The summed E-state index contributed by atoms with van der Waals surface area (Å²) in [5.74, 6) is -0.810. The molecule has 0 aliphatic carbocycles. The van der Waals surface area contributed by atoms with Gasteiger partial charge in [-0.25, -0.2) is 0 Å². The highest BCUT2D eigenvalue weighted by molar-refractivity contribution is 6.31. The quantitative estimate of drug-likeness (QED) is 0.632. The molecule has 1 atom stereocenters. The van der Waals surface area contributed by atoms with Gasteiger partial charge in [-0.05, 0) is 36.4 Å². The molecule has 10 heteroatoms. The maximum Gasteiger partial charge on any atom is 0.243 e. The van der Waals surface area contributed by atoms with E-state index in [1.165, 1.54) is 4.90 Å². The summed E-state index contributed by atoms with van der Waals surface area (Å²) in [5, 5.41) is 6.71. The molecule has 2 aromatic carbocycles. The van der Waals surface area contributed by atoms with Crippen molar-refractivity contribution in [2.75, 3.05) is 56.0 Å². The van der Waals surface area contributed by atoms with Crippen molar-refractivity contribution >= 4 is 52.3 Å². The summed E-state index contributed by atoms with van der Waals surface area (Å²) in [6.07, 6.45) is -0.118. The number of hydrogen-bond acceptors (Lipinski definition) is 5. The molecule has 0 saturated carbocycles. The van der Waals surface area contributed by atoms with Crippen LogP contribution in [0.2, 0.25) is 10.0 Å². The van der Waals surface area contributed by atoms with Gasteiger partial charge in [0.05, 0.1) is 13.0 Å². The summed E-state index contributed by atoms with van der Waals surface area (Å²) in [5.41, 5.74) is 1.61. The van der Waals surface area contributed by atoms with Gasteiger partial charge in [-0.3, -0.25) is 19.3 Å². The van der Waals surface area contributed by atoms with Crippen molar-refractivity contribution in [1.82, 2.24) is 15.1 Å². The van der Waals surface area contributed by atoms with Crippen molar-refractivity contribution in [2.24, 2.45) is 0 Å². The first-order chi connectivity index (χ1) is 16.4. The molecule has 2 aromatic rings. The van der Waals surface area contributed by atoms with Gasteiger partial charge >= 0.3 is 0 Å². The second-order valence-corrected chi connectivity index (χ2v) is 9.27. The highest BCUT2D eigenvalue weighted by atomic mass is 35.5. The lowest BCUT2D eigenvalue weighted by Crippen LogP contribution is -2.60. The standard InChI is InChI=1S/C24H27Cl2N5O3/c25-17-3-1-5-19(13-17)28-22(32)15-21-24(34)27-7-8-31(21)23(33)16-29-9-11-30(12-10-29)20-6-2-4-18(26)14-20/h1-6,13-14,21H,7-12,15-16H2,(H,27,34)(H,28,32)/t21-/m0/s1. The number of rotatable bonds is 6. The van der Waals surface area contributed by atoms with Crippen molar-refractivity contribution in [1.29, 1.82) is 0 Å². The number of halogens is 2. The number of hydrogen-bond donors (Lipinski definition) is 2. The molecule has 2 aliphatic rings. The van der Waals surface area contributed by atoms with Gasteiger partial charge in [-0.2, -0.15) is 0 Å². The van der Waals surface area contributed by atoms with Crippen molar-refractivity contribution in [2.45, 2.75) is 12.5 Å². The van der Waals surface area contributed by atoms with Gasteiger partial charge < -0.3 is 20.4 Å². The third-order valence-electron chi connectivity index (χ3n) is 6.04. The van der Waals surface area contributed by atoms with E-state index in [2.05, 4.69) is 20.4 Å². The zero-order valence-corrected chi connectivity index (χ0v) is 20.2. The molecule has 4 rings (SSSR count). The van der Waals surface area contributed by atoms with Gasteiger partial charge in [0.25, 0.3) is 0 Å². The van der Waals surface area contributed by atoms with E-state index in [-0.39, 0.29) is 30.7 Å². The van der Waals surface area contributed by atoms with Crippen molar-refractivity contribution in [3.63, 3.8) is 0 Å². The lowest BCUT2D eigenvalue weighted by Gasteiger charge is -2.39. The molecule has 180 valence electrons. The van der Waals surface area contributed by atoms with Crippen LogP contribution in [0, 0.1) is 0 Å². The average Bonchev–Trinajstić information content (AvgIpc) is 2.81. The van der Waals surface area contributed by atoms with E-state index < -0.39 is 6.04 Å². The molecule has 2 saturated heterocycles. The van der Waals surface area contributed by atoms with Gasteiger partial charge in [0.1, 0.15) is 6.04 Å². The van der Waals surface area contributed by atoms with E-state index >= 15 is 0 Å². The van der Waals surface area contributed by atoms with Crippen LogP contribution in [0.5, 0.6) is 0 Å². The van der Waals surface area contributed by atoms with E-state index in [0.29, 0.717) is 28.8 Å². The molecular weight excluding hydrogens is 477 g/mol. The molecule has 0 bridgehead atoms. The van der Waals surface area contributed by atoms with Crippen LogP contribution in [-0.2, 0) is 14.4 Å². The van der Waals surface area contributed by atoms with Gasteiger partial charge in [0, 0.05) is 60.7 Å². The Bertz CT molecular complexity index is 1060. The Kier molecular flexibility index (Phi) is 7.92. The lowest BCUT2D eigenvalue weighted by molar-refractivity contribution is -0.145. The zero-order chi connectivity index (χ0) is 24.1. The number of piperazine rings is 2. The first kappa shape index (κ1) is 24.3. The van der Waals surface area contributed by atoms with E-state index in [1.54, 1.807) is 24.3 Å². The predicted octanol–water partition coefficient (Wildman–Crippen LogP) is 2.47.